The number of thiazole rings is 1. The Bertz CT molecular complexity index is 965. The molecule has 0 unspecified atom stereocenters. The van der Waals surface area contributed by atoms with Crippen molar-refractivity contribution in [1.82, 2.24) is 9.88 Å². The van der Waals surface area contributed by atoms with Gasteiger partial charge < -0.3 is 0 Å². The summed E-state index contributed by atoms with van der Waals surface area (Å²) in [6.45, 7) is 5.48. The summed E-state index contributed by atoms with van der Waals surface area (Å²) in [4.78, 5) is 21.6. The Labute approximate surface area is 176 Å². The second-order valence-electron chi connectivity index (χ2n) is 7.58. The third-order valence-corrected chi connectivity index (χ3v) is 6.19. The molecule has 1 amide bonds. The van der Waals surface area contributed by atoms with E-state index in [-0.39, 0.29) is 5.91 Å². The largest absolute Gasteiger partial charge is 0.290 e. The summed E-state index contributed by atoms with van der Waals surface area (Å²) in [5, 5.41) is 2.85. The summed E-state index contributed by atoms with van der Waals surface area (Å²) in [7, 11) is 0. The highest BCUT2D eigenvalue weighted by atomic mass is 32.1. The molecule has 2 aromatic carbocycles. The molecule has 0 saturated heterocycles. The van der Waals surface area contributed by atoms with Crippen LogP contribution in [0.15, 0.2) is 60.0 Å². The van der Waals surface area contributed by atoms with Crippen LogP contribution in [0.4, 0.5) is 10.8 Å². The summed E-state index contributed by atoms with van der Waals surface area (Å²) in [5.74, 6) is -0.00451. The molecule has 1 saturated carbocycles. The monoisotopic (exact) mass is 405 g/mol. The van der Waals surface area contributed by atoms with Crippen LogP contribution in [0.3, 0.4) is 0 Å². The van der Waals surface area contributed by atoms with E-state index in [2.05, 4.69) is 53.6 Å². The number of amides is 1. The minimum atomic E-state index is -0.00451. The maximum absolute atomic E-state index is 12.5. The number of aromatic nitrogens is 1. The van der Waals surface area contributed by atoms with E-state index in [1.807, 2.05) is 18.2 Å². The number of para-hydroxylation sites is 1. The molecule has 0 spiro atoms. The van der Waals surface area contributed by atoms with Gasteiger partial charge in [0.15, 0.2) is 5.13 Å². The fraction of sp³-hybridized carbons (Fsp3) is 0.333. The fourth-order valence-corrected chi connectivity index (χ4v) is 4.56. The Morgan fingerprint density at radius 1 is 1.07 bits per heavy atom. The molecule has 1 aromatic heterocycles. The van der Waals surface area contributed by atoms with Gasteiger partial charge in [-0.05, 0) is 36.5 Å². The Morgan fingerprint density at radius 2 is 1.79 bits per heavy atom. The molecule has 3 aromatic rings. The molecule has 29 heavy (non-hydrogen) atoms. The van der Waals surface area contributed by atoms with Crippen molar-refractivity contribution in [3.63, 3.8) is 0 Å². The summed E-state index contributed by atoms with van der Waals surface area (Å²) < 4.78 is 0. The lowest BCUT2D eigenvalue weighted by atomic mass is 10.1. The number of anilines is 2. The minimum absolute atomic E-state index is 0.00451. The van der Waals surface area contributed by atoms with Gasteiger partial charge in [-0.3, -0.25) is 14.6 Å². The molecule has 1 aliphatic rings. The van der Waals surface area contributed by atoms with Crippen molar-refractivity contribution in [3.8, 4) is 0 Å². The first-order valence-electron chi connectivity index (χ1n) is 10.3. The van der Waals surface area contributed by atoms with Crippen molar-refractivity contribution in [2.75, 3.05) is 4.90 Å². The second kappa shape index (κ2) is 8.89. The molecule has 1 heterocycles. The lowest BCUT2D eigenvalue weighted by Crippen LogP contribution is -2.26. The van der Waals surface area contributed by atoms with Gasteiger partial charge in [0.05, 0.1) is 11.4 Å². The van der Waals surface area contributed by atoms with Crippen LogP contribution >= 0.6 is 11.3 Å². The predicted molar refractivity (Wildman–Crippen MR) is 119 cm³/mol. The maximum Gasteiger partial charge on any atom is 0.230 e. The van der Waals surface area contributed by atoms with Crippen LogP contribution in [-0.2, 0) is 24.3 Å². The highest BCUT2D eigenvalue weighted by Gasteiger charge is 2.30. The molecular formula is C24H27N3OS. The Kier molecular flexibility index (Phi) is 6.07. The zero-order valence-corrected chi connectivity index (χ0v) is 17.9. The number of rotatable bonds is 8. The molecule has 1 aliphatic carbocycles. The van der Waals surface area contributed by atoms with Gasteiger partial charge >= 0.3 is 0 Å². The van der Waals surface area contributed by atoms with Crippen molar-refractivity contribution in [2.24, 2.45) is 0 Å². The normalized spacial score (nSPS) is 13.6. The highest BCUT2D eigenvalue weighted by Crippen LogP contribution is 2.34. The van der Waals surface area contributed by atoms with Gasteiger partial charge in [0, 0.05) is 31.4 Å². The number of carbonyl (C=O) groups excluding carboxylic acids is 1. The minimum Gasteiger partial charge on any atom is -0.290 e. The van der Waals surface area contributed by atoms with Crippen LogP contribution in [0.5, 0.6) is 0 Å². The standard InChI is InChI=1S/C24H27N3OS/c1-3-20-11-7-8-12-23(20)27(18(2)28)24-25-21(17-29-24)16-26(22-13-14-22)15-19-9-5-4-6-10-19/h4-12,17,22H,3,13-16H2,1-2H3. The van der Waals surface area contributed by atoms with Gasteiger partial charge in [0.1, 0.15) is 0 Å². The van der Waals surface area contributed by atoms with E-state index in [9.17, 15) is 4.79 Å². The summed E-state index contributed by atoms with van der Waals surface area (Å²) in [5.41, 5.74) is 4.46. The number of nitrogens with zero attached hydrogens (tertiary/aromatic N) is 3. The van der Waals surface area contributed by atoms with Crippen molar-refractivity contribution in [2.45, 2.75) is 52.2 Å². The van der Waals surface area contributed by atoms with Crippen molar-refractivity contribution >= 4 is 28.1 Å². The summed E-state index contributed by atoms with van der Waals surface area (Å²) >= 11 is 1.55. The molecule has 0 radical (unpaired) electrons. The third kappa shape index (κ3) is 4.74. The van der Waals surface area contributed by atoms with Crippen LogP contribution in [0.2, 0.25) is 0 Å². The van der Waals surface area contributed by atoms with Crippen molar-refractivity contribution < 1.29 is 4.79 Å². The van der Waals surface area contributed by atoms with E-state index >= 15 is 0 Å². The third-order valence-electron chi connectivity index (χ3n) is 5.32. The van der Waals surface area contributed by atoms with Crippen molar-refractivity contribution in [3.05, 3.63) is 76.8 Å². The van der Waals surface area contributed by atoms with Gasteiger partial charge in [0.2, 0.25) is 5.91 Å². The first-order chi connectivity index (χ1) is 14.2. The zero-order chi connectivity index (χ0) is 20.2. The van der Waals surface area contributed by atoms with E-state index in [4.69, 9.17) is 4.98 Å². The molecule has 0 N–H and O–H groups in total. The number of hydrogen-bond donors (Lipinski definition) is 0. The lowest BCUT2D eigenvalue weighted by molar-refractivity contribution is -0.115. The van der Waals surface area contributed by atoms with Crippen LogP contribution < -0.4 is 4.90 Å². The summed E-state index contributed by atoms with van der Waals surface area (Å²) in [6, 6.07) is 19.3. The smallest absolute Gasteiger partial charge is 0.230 e. The second-order valence-corrected chi connectivity index (χ2v) is 8.42. The number of hydrogen-bond acceptors (Lipinski definition) is 4. The molecule has 4 rings (SSSR count). The van der Waals surface area contributed by atoms with Gasteiger partial charge in [-0.15, -0.1) is 11.3 Å². The fourth-order valence-electron chi connectivity index (χ4n) is 3.69. The van der Waals surface area contributed by atoms with E-state index in [1.165, 1.54) is 18.4 Å². The average Bonchev–Trinajstić information content (AvgIpc) is 3.49. The SMILES string of the molecule is CCc1ccccc1N(C(C)=O)c1nc(CN(Cc2ccccc2)C2CC2)cs1. The van der Waals surface area contributed by atoms with Gasteiger partial charge in [-0.25, -0.2) is 4.98 Å². The van der Waals surface area contributed by atoms with Gasteiger partial charge in [-0.1, -0.05) is 55.5 Å². The maximum atomic E-state index is 12.5. The van der Waals surface area contributed by atoms with Crippen LogP contribution in [0.25, 0.3) is 0 Å². The molecule has 150 valence electrons. The van der Waals surface area contributed by atoms with Crippen LogP contribution in [-0.4, -0.2) is 21.8 Å². The topological polar surface area (TPSA) is 36.4 Å². The predicted octanol–water partition coefficient (Wildman–Crippen LogP) is 5.55. The van der Waals surface area contributed by atoms with E-state index in [0.717, 1.165) is 41.6 Å². The number of aryl methyl sites for hydroxylation is 1. The molecule has 1 fully saturated rings. The molecule has 5 heteroatoms. The van der Waals surface area contributed by atoms with E-state index in [1.54, 1.807) is 23.2 Å². The van der Waals surface area contributed by atoms with E-state index in [0.29, 0.717) is 6.04 Å². The van der Waals surface area contributed by atoms with E-state index < -0.39 is 0 Å². The lowest BCUT2D eigenvalue weighted by Gasteiger charge is -2.22. The van der Waals surface area contributed by atoms with Crippen molar-refractivity contribution in [1.29, 1.82) is 0 Å². The highest BCUT2D eigenvalue weighted by molar-refractivity contribution is 7.14. The quantitative estimate of drug-likeness (QED) is 0.493. The first kappa shape index (κ1) is 19.8. The Hall–Kier alpha value is -2.50. The van der Waals surface area contributed by atoms with Crippen LogP contribution in [0.1, 0.15) is 43.5 Å². The average molecular weight is 406 g/mol. The number of carbonyl (C=O) groups is 1. The Morgan fingerprint density at radius 3 is 2.48 bits per heavy atom. The molecule has 0 aliphatic heterocycles. The van der Waals surface area contributed by atoms with Crippen LogP contribution in [0, 0.1) is 0 Å². The zero-order valence-electron chi connectivity index (χ0n) is 17.0. The van der Waals surface area contributed by atoms with Gasteiger partial charge in [0.25, 0.3) is 0 Å². The first-order valence-corrected chi connectivity index (χ1v) is 11.1. The molecular weight excluding hydrogens is 378 g/mol. The number of benzene rings is 2. The summed E-state index contributed by atoms with van der Waals surface area (Å²) in [6.07, 6.45) is 3.39. The molecule has 0 bridgehead atoms. The molecule has 4 nitrogen and oxygen atoms in total. The molecule has 0 atom stereocenters. The van der Waals surface area contributed by atoms with Gasteiger partial charge in [-0.2, -0.15) is 0 Å². The Balaban J connectivity index is 1.55.